The number of hydrogen-bond donors (Lipinski definition) is 0. The second-order valence-electron chi connectivity index (χ2n) is 3.48. The average molecular weight is 274 g/mol. The minimum atomic E-state index is -3.56. The molecule has 0 bridgehead atoms. The van der Waals surface area contributed by atoms with Gasteiger partial charge in [-0.15, -0.1) is 0 Å². The highest BCUT2D eigenvalue weighted by molar-refractivity contribution is 7.85. The molecule has 0 atom stereocenters. The lowest BCUT2D eigenvalue weighted by molar-refractivity contribution is 0.0600. The van der Waals surface area contributed by atoms with Crippen LogP contribution in [0.2, 0.25) is 0 Å². The minimum absolute atomic E-state index is 0.202. The summed E-state index contributed by atoms with van der Waals surface area (Å²) in [6, 6.07) is 4.54. The summed E-state index contributed by atoms with van der Waals surface area (Å²) < 4.78 is 36.1. The second-order valence-corrected chi connectivity index (χ2v) is 5.13. The van der Waals surface area contributed by atoms with Crippen molar-refractivity contribution in [2.75, 3.05) is 20.5 Å². The van der Waals surface area contributed by atoms with Crippen LogP contribution in [0.1, 0.15) is 15.9 Å². The van der Waals surface area contributed by atoms with Crippen LogP contribution in [-0.2, 0) is 25.6 Å². The monoisotopic (exact) mass is 274 g/mol. The number of carbonyl (C=O) groups is 1. The van der Waals surface area contributed by atoms with Crippen molar-refractivity contribution in [2.24, 2.45) is 0 Å². The van der Waals surface area contributed by atoms with E-state index in [-0.39, 0.29) is 6.61 Å². The van der Waals surface area contributed by atoms with Crippen molar-refractivity contribution in [1.82, 2.24) is 0 Å². The molecule has 1 rings (SSSR count). The van der Waals surface area contributed by atoms with Crippen molar-refractivity contribution in [3.8, 4) is 5.75 Å². The van der Waals surface area contributed by atoms with Crippen molar-refractivity contribution in [3.05, 3.63) is 29.3 Å². The number of esters is 1. The van der Waals surface area contributed by atoms with Crippen LogP contribution in [0.15, 0.2) is 18.2 Å². The van der Waals surface area contributed by atoms with Gasteiger partial charge in [-0.2, -0.15) is 8.42 Å². The topological polar surface area (TPSA) is 78.9 Å². The van der Waals surface area contributed by atoms with Gasteiger partial charge in [-0.1, -0.05) is 0 Å². The molecule has 0 fully saturated rings. The van der Waals surface area contributed by atoms with Gasteiger partial charge in [0.15, 0.2) is 0 Å². The Morgan fingerprint density at radius 3 is 2.44 bits per heavy atom. The van der Waals surface area contributed by atoms with Gasteiger partial charge in [0, 0.05) is 5.56 Å². The van der Waals surface area contributed by atoms with E-state index in [0.717, 1.165) is 6.26 Å². The van der Waals surface area contributed by atoms with E-state index in [2.05, 4.69) is 8.92 Å². The molecule has 0 aliphatic carbocycles. The van der Waals surface area contributed by atoms with Crippen molar-refractivity contribution in [2.45, 2.75) is 6.61 Å². The third-order valence-electron chi connectivity index (χ3n) is 2.13. The molecule has 0 unspecified atom stereocenters. The zero-order chi connectivity index (χ0) is 13.8. The summed E-state index contributed by atoms with van der Waals surface area (Å²) in [5.74, 6) is -0.0791. The molecule has 1 aromatic rings. The van der Waals surface area contributed by atoms with Crippen LogP contribution in [0, 0.1) is 0 Å². The highest BCUT2D eigenvalue weighted by atomic mass is 32.2. The quantitative estimate of drug-likeness (QED) is 0.587. The molecule has 0 radical (unpaired) electrons. The minimum Gasteiger partial charge on any atom is -0.496 e. The van der Waals surface area contributed by atoms with Crippen LogP contribution in [0.25, 0.3) is 0 Å². The molecule has 0 saturated heterocycles. The maximum absolute atomic E-state index is 11.3. The standard InChI is InChI=1S/C11H14O6S/c1-15-10-5-4-8(11(12)16-2)6-9(10)7-17-18(3,13)14/h4-6H,7H2,1-3H3. The second kappa shape index (κ2) is 5.83. The Morgan fingerprint density at radius 2 is 1.94 bits per heavy atom. The zero-order valence-electron chi connectivity index (χ0n) is 10.3. The first-order valence-electron chi connectivity index (χ1n) is 4.97. The van der Waals surface area contributed by atoms with E-state index in [1.807, 2.05) is 0 Å². The summed E-state index contributed by atoms with van der Waals surface area (Å²) >= 11 is 0. The fourth-order valence-corrected chi connectivity index (χ4v) is 1.65. The van der Waals surface area contributed by atoms with E-state index in [1.165, 1.54) is 26.4 Å². The van der Waals surface area contributed by atoms with Crippen LogP contribution in [0.3, 0.4) is 0 Å². The molecule has 0 aliphatic rings. The third-order valence-corrected chi connectivity index (χ3v) is 2.68. The Kier molecular flexibility index (Phi) is 4.69. The lowest BCUT2D eigenvalue weighted by Crippen LogP contribution is -2.06. The van der Waals surface area contributed by atoms with Gasteiger partial charge >= 0.3 is 5.97 Å². The molecule has 0 saturated carbocycles. The molecule has 100 valence electrons. The Morgan fingerprint density at radius 1 is 1.28 bits per heavy atom. The van der Waals surface area contributed by atoms with Crippen LogP contribution < -0.4 is 4.74 Å². The van der Waals surface area contributed by atoms with Crippen molar-refractivity contribution in [1.29, 1.82) is 0 Å². The van der Waals surface area contributed by atoms with E-state index in [4.69, 9.17) is 4.74 Å². The van der Waals surface area contributed by atoms with Gasteiger partial charge in [-0.3, -0.25) is 4.18 Å². The predicted molar refractivity (Wildman–Crippen MR) is 64.0 cm³/mol. The first kappa shape index (κ1) is 14.5. The average Bonchev–Trinajstić information content (AvgIpc) is 2.34. The van der Waals surface area contributed by atoms with Gasteiger partial charge in [0.1, 0.15) is 5.75 Å². The Hall–Kier alpha value is -1.60. The highest BCUT2D eigenvalue weighted by Gasteiger charge is 2.12. The van der Waals surface area contributed by atoms with E-state index in [0.29, 0.717) is 16.9 Å². The molecule has 6 nitrogen and oxygen atoms in total. The largest absolute Gasteiger partial charge is 0.496 e. The summed E-state index contributed by atoms with van der Waals surface area (Å²) in [5, 5.41) is 0. The van der Waals surface area contributed by atoms with Gasteiger partial charge in [0.05, 0.1) is 32.6 Å². The summed E-state index contributed by atoms with van der Waals surface area (Å²) in [6.45, 7) is -0.202. The first-order valence-corrected chi connectivity index (χ1v) is 6.78. The predicted octanol–water partition coefficient (Wildman–Crippen LogP) is 0.958. The van der Waals surface area contributed by atoms with Gasteiger partial charge in [-0.25, -0.2) is 4.79 Å². The van der Waals surface area contributed by atoms with E-state index < -0.39 is 16.1 Å². The maximum Gasteiger partial charge on any atom is 0.337 e. The van der Waals surface area contributed by atoms with E-state index >= 15 is 0 Å². The summed E-state index contributed by atoms with van der Waals surface area (Å²) in [5.41, 5.74) is 0.747. The Labute approximate surface area is 106 Å². The zero-order valence-corrected chi connectivity index (χ0v) is 11.1. The SMILES string of the molecule is COC(=O)c1ccc(OC)c(COS(C)(=O)=O)c1. The van der Waals surface area contributed by atoms with Crippen LogP contribution >= 0.6 is 0 Å². The van der Waals surface area contributed by atoms with E-state index in [1.54, 1.807) is 6.07 Å². The van der Waals surface area contributed by atoms with Crippen LogP contribution in [-0.4, -0.2) is 34.9 Å². The molecule has 0 spiro atoms. The molecule has 0 heterocycles. The molecule has 0 N–H and O–H groups in total. The number of ether oxygens (including phenoxy) is 2. The summed E-state index contributed by atoms with van der Waals surface area (Å²) in [6.07, 6.45) is 0.948. The number of hydrogen-bond acceptors (Lipinski definition) is 6. The molecule has 18 heavy (non-hydrogen) atoms. The van der Waals surface area contributed by atoms with E-state index in [9.17, 15) is 13.2 Å². The summed E-state index contributed by atoms with van der Waals surface area (Å²) in [7, 11) is -0.853. The smallest absolute Gasteiger partial charge is 0.337 e. The van der Waals surface area contributed by atoms with Crippen molar-refractivity contribution >= 4 is 16.1 Å². The lowest BCUT2D eigenvalue weighted by Gasteiger charge is -2.09. The summed E-state index contributed by atoms with van der Waals surface area (Å²) in [4.78, 5) is 11.3. The van der Waals surface area contributed by atoms with Gasteiger partial charge in [0.2, 0.25) is 0 Å². The molecule has 1 aromatic carbocycles. The maximum atomic E-state index is 11.3. The molecule has 0 aromatic heterocycles. The molecule has 7 heteroatoms. The number of methoxy groups -OCH3 is 2. The van der Waals surface area contributed by atoms with Gasteiger partial charge in [0.25, 0.3) is 10.1 Å². The molecule has 0 amide bonds. The molecule has 0 aliphatic heterocycles. The first-order chi connectivity index (χ1) is 8.37. The Balaban J connectivity index is 3.02. The number of benzene rings is 1. The fourth-order valence-electron chi connectivity index (χ4n) is 1.31. The van der Waals surface area contributed by atoms with Gasteiger partial charge < -0.3 is 9.47 Å². The fraction of sp³-hybridized carbons (Fsp3) is 0.364. The van der Waals surface area contributed by atoms with Crippen molar-refractivity contribution in [3.63, 3.8) is 0 Å². The third kappa shape index (κ3) is 4.01. The van der Waals surface area contributed by atoms with Crippen LogP contribution in [0.5, 0.6) is 5.75 Å². The highest BCUT2D eigenvalue weighted by Crippen LogP contribution is 2.21. The Bertz CT molecular complexity index is 534. The van der Waals surface area contributed by atoms with Gasteiger partial charge in [-0.05, 0) is 18.2 Å². The normalized spacial score (nSPS) is 11.1. The number of carbonyl (C=O) groups excluding carboxylic acids is 1. The number of rotatable bonds is 5. The van der Waals surface area contributed by atoms with Crippen molar-refractivity contribution < 1.29 is 26.9 Å². The lowest BCUT2D eigenvalue weighted by atomic mass is 10.1. The molecular formula is C11H14O6S. The molecular weight excluding hydrogens is 260 g/mol. The van der Waals surface area contributed by atoms with Crippen LogP contribution in [0.4, 0.5) is 0 Å².